The molecule has 1 heterocycles. The normalized spacial score (nSPS) is 17.0. The largest absolute Gasteiger partial charge is 0.309 e. The predicted octanol–water partition coefficient (Wildman–Crippen LogP) is 4.25. The minimum absolute atomic E-state index is 0.0717. The molecule has 1 aromatic heterocycles. The van der Waals surface area contributed by atoms with Crippen molar-refractivity contribution in [1.82, 2.24) is 9.97 Å². The lowest BCUT2D eigenvalue weighted by atomic mass is 9.85. The fourth-order valence-corrected chi connectivity index (χ4v) is 4.01. The number of rotatable bonds is 2. The van der Waals surface area contributed by atoms with E-state index >= 15 is 0 Å². The minimum atomic E-state index is -0.0717. The summed E-state index contributed by atoms with van der Waals surface area (Å²) in [6, 6.07) is 8.48. The number of hydrogen-bond donors (Lipinski definition) is 1. The van der Waals surface area contributed by atoms with E-state index in [-0.39, 0.29) is 5.91 Å². The molecule has 1 fully saturated rings. The van der Waals surface area contributed by atoms with Crippen LogP contribution in [0.25, 0.3) is 11.3 Å². The van der Waals surface area contributed by atoms with Gasteiger partial charge in [0.2, 0.25) is 5.91 Å². The second-order valence-corrected chi connectivity index (χ2v) is 6.93. The molecule has 4 heteroatoms. The quantitative estimate of drug-likeness (QED) is 0.899. The van der Waals surface area contributed by atoms with E-state index in [0.29, 0.717) is 11.7 Å². The summed E-state index contributed by atoms with van der Waals surface area (Å²) < 4.78 is 0. The highest BCUT2D eigenvalue weighted by molar-refractivity contribution is 5.88. The van der Waals surface area contributed by atoms with Crippen LogP contribution in [0, 0.1) is 0 Å². The maximum atomic E-state index is 11.6. The highest BCUT2D eigenvalue weighted by Crippen LogP contribution is 2.38. The van der Waals surface area contributed by atoms with E-state index in [1.165, 1.54) is 30.4 Å². The summed E-state index contributed by atoms with van der Waals surface area (Å²) in [7, 11) is 0. The Morgan fingerprint density at radius 3 is 2.67 bits per heavy atom. The van der Waals surface area contributed by atoms with Gasteiger partial charge in [-0.3, -0.25) is 4.79 Å². The van der Waals surface area contributed by atoms with Crippen molar-refractivity contribution in [2.24, 2.45) is 0 Å². The first kappa shape index (κ1) is 15.3. The molecule has 1 saturated carbocycles. The molecule has 0 radical (unpaired) electrons. The van der Waals surface area contributed by atoms with E-state index in [1.807, 2.05) is 0 Å². The van der Waals surface area contributed by atoms with Gasteiger partial charge in [-0.05, 0) is 31.2 Å². The lowest BCUT2D eigenvalue weighted by molar-refractivity contribution is -0.114. The highest BCUT2D eigenvalue weighted by Gasteiger charge is 2.26. The van der Waals surface area contributed by atoms with Gasteiger partial charge in [-0.15, -0.1) is 0 Å². The molecule has 1 N–H and O–H groups in total. The summed E-state index contributed by atoms with van der Waals surface area (Å²) in [5, 5.41) is 2.93. The predicted molar refractivity (Wildman–Crippen MR) is 95.0 cm³/mol. The summed E-state index contributed by atoms with van der Waals surface area (Å²) in [5.41, 5.74) is 5.57. The molecular weight excluding hydrogens is 298 g/mol. The zero-order valence-corrected chi connectivity index (χ0v) is 14.1. The summed E-state index contributed by atoms with van der Waals surface area (Å²) >= 11 is 0. The van der Waals surface area contributed by atoms with Crippen LogP contribution in [-0.4, -0.2) is 15.9 Å². The standard InChI is InChI=1S/C20H23N3O/c1-13(24)21-20-18(15-8-3-2-4-9-15)23-19-16-10-6-5-7-14(16)11-12-17(19)22-20/h5-7,10,15H,2-4,8-9,11-12H2,1H3,(H,21,22,24). The molecular formula is C20H23N3O. The van der Waals surface area contributed by atoms with Crippen LogP contribution in [-0.2, 0) is 17.6 Å². The highest BCUT2D eigenvalue weighted by atomic mass is 16.1. The lowest BCUT2D eigenvalue weighted by Gasteiger charge is -2.26. The topological polar surface area (TPSA) is 54.9 Å². The Hall–Kier alpha value is -2.23. The number of carbonyl (C=O) groups is 1. The van der Waals surface area contributed by atoms with Gasteiger partial charge in [0, 0.05) is 18.4 Å². The number of amides is 1. The maximum Gasteiger partial charge on any atom is 0.222 e. The molecule has 0 saturated heterocycles. The van der Waals surface area contributed by atoms with E-state index < -0.39 is 0 Å². The summed E-state index contributed by atoms with van der Waals surface area (Å²) in [5.74, 6) is 1.03. The minimum Gasteiger partial charge on any atom is -0.309 e. The Kier molecular flexibility index (Phi) is 4.05. The molecule has 1 aromatic carbocycles. The third-order valence-corrected chi connectivity index (χ3v) is 5.18. The second kappa shape index (κ2) is 6.34. The Morgan fingerprint density at radius 2 is 1.88 bits per heavy atom. The zero-order chi connectivity index (χ0) is 16.5. The molecule has 0 atom stereocenters. The Bertz CT molecular complexity index is 778. The first-order chi connectivity index (χ1) is 11.7. The number of hydrogen-bond acceptors (Lipinski definition) is 3. The van der Waals surface area contributed by atoms with E-state index in [4.69, 9.17) is 9.97 Å². The number of benzene rings is 1. The Balaban J connectivity index is 1.83. The molecule has 2 aliphatic rings. The smallest absolute Gasteiger partial charge is 0.222 e. The molecule has 4 rings (SSSR count). The molecule has 2 aromatic rings. The summed E-state index contributed by atoms with van der Waals surface area (Å²) in [6.07, 6.45) is 7.92. The van der Waals surface area contributed by atoms with E-state index in [1.54, 1.807) is 6.92 Å². The van der Waals surface area contributed by atoms with Crippen molar-refractivity contribution < 1.29 is 4.79 Å². The number of anilines is 1. The van der Waals surface area contributed by atoms with Gasteiger partial charge < -0.3 is 5.32 Å². The molecule has 0 aliphatic heterocycles. The van der Waals surface area contributed by atoms with E-state index in [0.717, 1.165) is 42.8 Å². The number of fused-ring (bicyclic) bond motifs is 3. The average molecular weight is 321 g/mol. The first-order valence-electron chi connectivity index (χ1n) is 8.99. The fourth-order valence-electron chi connectivity index (χ4n) is 4.01. The van der Waals surface area contributed by atoms with Crippen LogP contribution < -0.4 is 5.32 Å². The zero-order valence-electron chi connectivity index (χ0n) is 14.1. The molecule has 124 valence electrons. The van der Waals surface area contributed by atoms with Gasteiger partial charge in [-0.25, -0.2) is 9.97 Å². The number of nitrogens with one attached hydrogen (secondary N) is 1. The number of aryl methyl sites for hydroxylation is 2. The van der Waals surface area contributed by atoms with Crippen LogP contribution in [0.1, 0.15) is 61.9 Å². The van der Waals surface area contributed by atoms with Crippen LogP contribution in [0.3, 0.4) is 0 Å². The number of carbonyl (C=O) groups excluding carboxylic acids is 1. The van der Waals surface area contributed by atoms with Crippen molar-refractivity contribution in [2.75, 3.05) is 5.32 Å². The number of aromatic nitrogens is 2. The van der Waals surface area contributed by atoms with Crippen molar-refractivity contribution in [3.63, 3.8) is 0 Å². The maximum absolute atomic E-state index is 11.6. The molecule has 1 amide bonds. The Labute approximate surface area is 142 Å². The average Bonchev–Trinajstić information content (AvgIpc) is 2.61. The van der Waals surface area contributed by atoms with Gasteiger partial charge in [0.1, 0.15) is 0 Å². The van der Waals surface area contributed by atoms with Crippen molar-refractivity contribution >= 4 is 11.7 Å². The van der Waals surface area contributed by atoms with Crippen LogP contribution in [0.2, 0.25) is 0 Å². The van der Waals surface area contributed by atoms with Crippen LogP contribution in [0.4, 0.5) is 5.82 Å². The monoisotopic (exact) mass is 321 g/mol. The van der Waals surface area contributed by atoms with E-state index in [9.17, 15) is 4.79 Å². The SMILES string of the molecule is CC(=O)Nc1nc2c(nc1C1CCCCC1)-c1ccccc1CC2. The van der Waals surface area contributed by atoms with Gasteiger partial charge >= 0.3 is 0 Å². The fraction of sp³-hybridized carbons (Fsp3) is 0.450. The van der Waals surface area contributed by atoms with Crippen molar-refractivity contribution in [3.05, 3.63) is 41.2 Å². The van der Waals surface area contributed by atoms with Gasteiger partial charge in [-0.1, -0.05) is 43.5 Å². The number of nitrogens with zero attached hydrogens (tertiary/aromatic N) is 2. The third-order valence-electron chi connectivity index (χ3n) is 5.18. The van der Waals surface area contributed by atoms with Crippen LogP contribution in [0.5, 0.6) is 0 Å². The van der Waals surface area contributed by atoms with Crippen molar-refractivity contribution in [2.45, 2.75) is 57.8 Å². The molecule has 0 bridgehead atoms. The molecule has 0 spiro atoms. The van der Waals surface area contributed by atoms with Gasteiger partial charge in [0.05, 0.1) is 17.1 Å². The molecule has 24 heavy (non-hydrogen) atoms. The van der Waals surface area contributed by atoms with Gasteiger partial charge in [0.25, 0.3) is 0 Å². The van der Waals surface area contributed by atoms with Gasteiger partial charge in [-0.2, -0.15) is 0 Å². The van der Waals surface area contributed by atoms with Gasteiger partial charge in [0.15, 0.2) is 5.82 Å². The van der Waals surface area contributed by atoms with Crippen molar-refractivity contribution in [1.29, 1.82) is 0 Å². The van der Waals surface area contributed by atoms with Crippen molar-refractivity contribution in [3.8, 4) is 11.3 Å². The van der Waals surface area contributed by atoms with Crippen LogP contribution in [0.15, 0.2) is 24.3 Å². The molecule has 2 aliphatic carbocycles. The van der Waals surface area contributed by atoms with E-state index in [2.05, 4.69) is 29.6 Å². The van der Waals surface area contributed by atoms with Crippen LogP contribution >= 0.6 is 0 Å². The summed E-state index contributed by atoms with van der Waals surface area (Å²) in [4.78, 5) is 21.5. The summed E-state index contributed by atoms with van der Waals surface area (Å²) in [6.45, 7) is 1.54. The second-order valence-electron chi connectivity index (χ2n) is 6.93. The third kappa shape index (κ3) is 2.81. The lowest BCUT2D eigenvalue weighted by Crippen LogP contribution is -2.19. The Morgan fingerprint density at radius 1 is 1.08 bits per heavy atom. The first-order valence-corrected chi connectivity index (χ1v) is 8.99. The molecule has 4 nitrogen and oxygen atoms in total. The molecule has 0 unspecified atom stereocenters.